The van der Waals surface area contributed by atoms with Crippen LogP contribution in [0.3, 0.4) is 0 Å². The molecule has 1 atom stereocenters. The van der Waals surface area contributed by atoms with Gasteiger partial charge in [-0.25, -0.2) is 13.2 Å². The zero-order valence-corrected chi connectivity index (χ0v) is 10.3. The summed E-state index contributed by atoms with van der Waals surface area (Å²) < 4.78 is 26.0. The average Bonchev–Trinajstić information content (AvgIpc) is 2.27. The van der Waals surface area contributed by atoms with Crippen molar-refractivity contribution in [3.8, 4) is 0 Å². The maximum atomic E-state index is 11.9. The minimum absolute atomic E-state index is 0.122. The quantitative estimate of drug-likeness (QED) is 0.745. The SMILES string of the molecule is Cc1ccccc1S(=O)(=O)N[C@@H](C)C(=O)ON. The summed E-state index contributed by atoms with van der Waals surface area (Å²) in [5.74, 6) is 3.83. The molecule has 0 aromatic heterocycles. The molecule has 0 unspecified atom stereocenters. The minimum atomic E-state index is -3.75. The highest BCUT2D eigenvalue weighted by Crippen LogP contribution is 2.14. The molecule has 1 aromatic rings. The van der Waals surface area contributed by atoms with Crippen molar-refractivity contribution in [2.45, 2.75) is 24.8 Å². The number of aryl methyl sites for hydroxylation is 1. The van der Waals surface area contributed by atoms with E-state index >= 15 is 0 Å². The van der Waals surface area contributed by atoms with Crippen molar-refractivity contribution in [2.75, 3.05) is 0 Å². The van der Waals surface area contributed by atoms with Crippen molar-refractivity contribution in [1.82, 2.24) is 4.72 Å². The van der Waals surface area contributed by atoms with Crippen molar-refractivity contribution in [3.05, 3.63) is 29.8 Å². The number of sulfonamides is 1. The van der Waals surface area contributed by atoms with Gasteiger partial charge in [0.05, 0.1) is 4.90 Å². The fourth-order valence-electron chi connectivity index (χ4n) is 1.30. The molecule has 7 heteroatoms. The lowest BCUT2D eigenvalue weighted by Gasteiger charge is -2.12. The van der Waals surface area contributed by atoms with Gasteiger partial charge in [0.1, 0.15) is 6.04 Å². The second kappa shape index (κ2) is 5.26. The normalized spacial score (nSPS) is 13.1. The van der Waals surface area contributed by atoms with Crippen LogP contribution >= 0.6 is 0 Å². The Labute approximate surface area is 99.8 Å². The van der Waals surface area contributed by atoms with Crippen LogP contribution in [0.4, 0.5) is 0 Å². The van der Waals surface area contributed by atoms with E-state index in [1.54, 1.807) is 25.1 Å². The van der Waals surface area contributed by atoms with Gasteiger partial charge in [-0.2, -0.15) is 10.6 Å². The molecule has 17 heavy (non-hydrogen) atoms. The van der Waals surface area contributed by atoms with E-state index in [9.17, 15) is 13.2 Å². The van der Waals surface area contributed by atoms with Gasteiger partial charge >= 0.3 is 5.97 Å². The smallest absolute Gasteiger partial charge is 0.342 e. The lowest BCUT2D eigenvalue weighted by atomic mass is 10.2. The maximum Gasteiger partial charge on any atom is 0.342 e. The first kappa shape index (κ1) is 13.6. The van der Waals surface area contributed by atoms with Gasteiger partial charge in [-0.15, -0.1) is 0 Å². The fourth-order valence-corrected chi connectivity index (χ4v) is 2.74. The summed E-state index contributed by atoms with van der Waals surface area (Å²) in [5.41, 5.74) is 0.591. The molecule has 0 saturated heterocycles. The zero-order chi connectivity index (χ0) is 13.1. The van der Waals surface area contributed by atoms with E-state index in [0.29, 0.717) is 5.56 Å². The van der Waals surface area contributed by atoms with Crippen LogP contribution in [0.5, 0.6) is 0 Å². The predicted molar refractivity (Wildman–Crippen MR) is 61.2 cm³/mol. The van der Waals surface area contributed by atoms with Gasteiger partial charge in [0.2, 0.25) is 10.0 Å². The van der Waals surface area contributed by atoms with Gasteiger partial charge in [-0.05, 0) is 25.5 Å². The summed E-state index contributed by atoms with van der Waals surface area (Å²) >= 11 is 0. The minimum Gasteiger partial charge on any atom is -0.372 e. The molecule has 0 amide bonds. The molecule has 0 heterocycles. The molecule has 94 valence electrons. The fraction of sp³-hybridized carbons (Fsp3) is 0.300. The number of carbonyl (C=O) groups excluding carboxylic acids is 1. The zero-order valence-electron chi connectivity index (χ0n) is 9.51. The summed E-state index contributed by atoms with van der Waals surface area (Å²) in [4.78, 5) is 15.1. The Morgan fingerprint density at radius 1 is 1.41 bits per heavy atom. The molecule has 0 aliphatic rings. The van der Waals surface area contributed by atoms with Crippen LogP contribution in [-0.2, 0) is 19.7 Å². The molecule has 0 fully saturated rings. The van der Waals surface area contributed by atoms with Crippen molar-refractivity contribution in [2.24, 2.45) is 5.90 Å². The largest absolute Gasteiger partial charge is 0.372 e. The second-order valence-corrected chi connectivity index (χ2v) is 5.23. The summed E-state index contributed by atoms with van der Waals surface area (Å²) in [6.45, 7) is 3.02. The predicted octanol–water partition coefficient (Wildman–Crippen LogP) is 0.0787. The van der Waals surface area contributed by atoms with E-state index < -0.39 is 22.0 Å². The standard InChI is InChI=1S/C10H14N2O4S/c1-7-5-3-4-6-9(7)17(14,15)12-8(2)10(13)16-11/h3-6,8,12H,11H2,1-2H3/t8-/m0/s1. The Balaban J connectivity index is 2.98. The molecule has 0 bridgehead atoms. The highest BCUT2D eigenvalue weighted by molar-refractivity contribution is 7.89. The van der Waals surface area contributed by atoms with Crippen LogP contribution in [0, 0.1) is 6.92 Å². The number of nitrogens with one attached hydrogen (secondary N) is 1. The molecule has 0 radical (unpaired) electrons. The van der Waals surface area contributed by atoms with E-state index in [2.05, 4.69) is 15.5 Å². The number of benzene rings is 1. The van der Waals surface area contributed by atoms with Crippen LogP contribution < -0.4 is 10.6 Å². The summed E-state index contributed by atoms with van der Waals surface area (Å²) in [5, 5.41) is 0. The van der Waals surface area contributed by atoms with Crippen LogP contribution in [0.1, 0.15) is 12.5 Å². The van der Waals surface area contributed by atoms with Crippen molar-refractivity contribution in [3.63, 3.8) is 0 Å². The molecule has 0 saturated carbocycles. The lowest BCUT2D eigenvalue weighted by molar-refractivity contribution is -0.145. The van der Waals surface area contributed by atoms with Crippen molar-refractivity contribution in [1.29, 1.82) is 0 Å². The second-order valence-electron chi connectivity index (χ2n) is 3.55. The van der Waals surface area contributed by atoms with Crippen LogP contribution in [0.15, 0.2) is 29.2 Å². The lowest BCUT2D eigenvalue weighted by Crippen LogP contribution is -2.40. The van der Waals surface area contributed by atoms with Crippen LogP contribution in [0.25, 0.3) is 0 Å². The average molecular weight is 258 g/mol. The van der Waals surface area contributed by atoms with Crippen molar-refractivity contribution < 1.29 is 18.0 Å². The maximum absolute atomic E-state index is 11.9. The Bertz CT molecular complexity index is 513. The first-order valence-corrected chi connectivity index (χ1v) is 6.35. The first-order valence-electron chi connectivity index (χ1n) is 4.87. The van der Waals surface area contributed by atoms with Gasteiger partial charge in [-0.1, -0.05) is 18.2 Å². The Morgan fingerprint density at radius 3 is 2.53 bits per heavy atom. The molecule has 0 aliphatic heterocycles. The number of nitrogens with two attached hydrogens (primary N) is 1. The van der Waals surface area contributed by atoms with Gasteiger partial charge in [-0.3, -0.25) is 0 Å². The van der Waals surface area contributed by atoms with Gasteiger partial charge < -0.3 is 4.84 Å². The molecule has 1 rings (SSSR count). The number of rotatable bonds is 4. The van der Waals surface area contributed by atoms with E-state index in [1.807, 2.05) is 0 Å². The van der Waals surface area contributed by atoms with E-state index in [4.69, 9.17) is 0 Å². The van der Waals surface area contributed by atoms with Gasteiger partial charge in [0.15, 0.2) is 0 Å². The van der Waals surface area contributed by atoms with Crippen LogP contribution in [-0.4, -0.2) is 20.4 Å². The molecular formula is C10H14N2O4S. The van der Waals surface area contributed by atoms with Gasteiger partial charge in [0.25, 0.3) is 0 Å². The first-order chi connectivity index (χ1) is 7.88. The van der Waals surface area contributed by atoms with Crippen molar-refractivity contribution >= 4 is 16.0 Å². The Morgan fingerprint density at radius 2 is 2.00 bits per heavy atom. The Hall–Kier alpha value is -1.44. The molecule has 3 N–H and O–H groups in total. The number of carbonyl (C=O) groups is 1. The van der Waals surface area contributed by atoms with E-state index in [1.165, 1.54) is 13.0 Å². The molecule has 1 aromatic carbocycles. The summed E-state index contributed by atoms with van der Waals surface area (Å²) in [7, 11) is -3.75. The molecule has 0 aliphatic carbocycles. The molecule has 6 nitrogen and oxygen atoms in total. The third-order valence-corrected chi connectivity index (χ3v) is 3.89. The molecular weight excluding hydrogens is 244 g/mol. The third-order valence-electron chi connectivity index (χ3n) is 2.18. The van der Waals surface area contributed by atoms with Crippen LogP contribution in [0.2, 0.25) is 0 Å². The number of hydrogen-bond acceptors (Lipinski definition) is 5. The number of hydrogen-bond donors (Lipinski definition) is 2. The topological polar surface area (TPSA) is 98.5 Å². The molecule has 0 spiro atoms. The van der Waals surface area contributed by atoms with Gasteiger partial charge in [0, 0.05) is 0 Å². The van der Waals surface area contributed by atoms with E-state index in [-0.39, 0.29) is 4.90 Å². The monoisotopic (exact) mass is 258 g/mol. The Kier molecular flexibility index (Phi) is 4.22. The van der Waals surface area contributed by atoms with E-state index in [0.717, 1.165) is 0 Å². The highest BCUT2D eigenvalue weighted by Gasteiger charge is 2.23. The highest BCUT2D eigenvalue weighted by atomic mass is 32.2. The summed E-state index contributed by atoms with van der Waals surface area (Å²) in [6.07, 6.45) is 0. The summed E-state index contributed by atoms with van der Waals surface area (Å²) in [6, 6.07) is 5.42. The third kappa shape index (κ3) is 3.26.